The van der Waals surface area contributed by atoms with Crippen LogP contribution in [0.5, 0.6) is 0 Å². The monoisotopic (exact) mass is 317 g/mol. The molecule has 0 fully saturated rings. The summed E-state index contributed by atoms with van der Waals surface area (Å²) in [4.78, 5) is 0. The molecule has 120 valence electrons. The summed E-state index contributed by atoms with van der Waals surface area (Å²) in [5, 5.41) is 2.15. The van der Waals surface area contributed by atoms with Gasteiger partial charge in [0.25, 0.3) is 0 Å². The molecule has 0 amide bonds. The van der Waals surface area contributed by atoms with Crippen molar-refractivity contribution in [2.75, 3.05) is 6.54 Å². The predicted molar refractivity (Wildman–Crippen MR) is 63.2 cm³/mol. The van der Waals surface area contributed by atoms with Crippen LogP contribution >= 0.6 is 0 Å². The van der Waals surface area contributed by atoms with Gasteiger partial charge in [-0.3, -0.25) is 0 Å². The van der Waals surface area contributed by atoms with E-state index in [1.54, 1.807) is 0 Å². The molecule has 1 aromatic carbocycles. The minimum atomic E-state index is -5.49. The maximum atomic E-state index is 13.4. The van der Waals surface area contributed by atoms with E-state index in [-0.39, 0.29) is 17.7 Å². The van der Waals surface area contributed by atoms with Crippen molar-refractivity contribution in [3.05, 3.63) is 35.1 Å². The zero-order valence-electron chi connectivity index (χ0n) is 11.2. The van der Waals surface area contributed by atoms with Crippen LogP contribution < -0.4 is 5.32 Å². The maximum Gasteiger partial charge on any atom is 0.402 e. The Labute approximate surface area is 117 Å². The van der Waals surface area contributed by atoms with Gasteiger partial charge in [0, 0.05) is 0 Å². The molecule has 21 heavy (non-hydrogen) atoms. The van der Waals surface area contributed by atoms with Crippen molar-refractivity contribution in [2.45, 2.75) is 32.2 Å². The van der Waals surface area contributed by atoms with Gasteiger partial charge in [-0.15, -0.1) is 0 Å². The normalized spacial score (nSPS) is 14.6. The summed E-state index contributed by atoms with van der Waals surface area (Å²) < 4.78 is 90.3. The highest BCUT2D eigenvalue weighted by Gasteiger charge is 2.60. The third kappa shape index (κ3) is 4.33. The van der Waals surface area contributed by atoms with Gasteiger partial charge in [0.05, 0.1) is 6.04 Å². The summed E-state index contributed by atoms with van der Waals surface area (Å²) in [7, 11) is 0. The Morgan fingerprint density at radius 2 is 1.57 bits per heavy atom. The molecular formula is C13H14F7N. The van der Waals surface area contributed by atoms with Gasteiger partial charge in [-0.1, -0.05) is 19.1 Å². The Hall–Kier alpha value is -1.31. The lowest BCUT2D eigenvalue weighted by atomic mass is 9.91. The first-order chi connectivity index (χ1) is 9.48. The van der Waals surface area contributed by atoms with Gasteiger partial charge in [0.15, 0.2) is 5.92 Å². The molecule has 0 saturated carbocycles. The quantitative estimate of drug-likeness (QED) is 0.805. The number of aryl methyl sites for hydroxylation is 1. The zero-order valence-corrected chi connectivity index (χ0v) is 11.2. The number of benzene rings is 1. The van der Waals surface area contributed by atoms with Gasteiger partial charge >= 0.3 is 12.4 Å². The Morgan fingerprint density at radius 1 is 1.05 bits per heavy atom. The van der Waals surface area contributed by atoms with Crippen molar-refractivity contribution >= 4 is 0 Å². The molecule has 0 aliphatic heterocycles. The SMILES string of the molecule is CCNC(c1ccc(C)c(F)c1)C(C(F)(F)F)C(F)(F)F. The minimum Gasteiger partial charge on any atom is -0.309 e. The summed E-state index contributed by atoms with van der Waals surface area (Å²) in [6.07, 6.45) is -11.0. The van der Waals surface area contributed by atoms with E-state index in [4.69, 9.17) is 0 Å². The molecule has 0 bridgehead atoms. The molecule has 8 heteroatoms. The second-order valence-corrected chi connectivity index (χ2v) is 4.60. The third-order valence-electron chi connectivity index (χ3n) is 3.02. The molecule has 1 nitrogen and oxygen atoms in total. The van der Waals surface area contributed by atoms with Crippen molar-refractivity contribution in [3.63, 3.8) is 0 Å². The summed E-state index contributed by atoms with van der Waals surface area (Å²) >= 11 is 0. The lowest BCUT2D eigenvalue weighted by molar-refractivity contribution is -0.292. The average molecular weight is 317 g/mol. The fourth-order valence-electron chi connectivity index (χ4n) is 2.01. The Kier molecular flexibility index (Phi) is 5.25. The van der Waals surface area contributed by atoms with Crippen LogP contribution in [-0.2, 0) is 0 Å². The van der Waals surface area contributed by atoms with E-state index < -0.39 is 30.1 Å². The number of hydrogen-bond acceptors (Lipinski definition) is 1. The fraction of sp³-hybridized carbons (Fsp3) is 0.538. The number of alkyl halides is 6. The highest BCUT2D eigenvalue weighted by Crippen LogP contribution is 2.46. The summed E-state index contributed by atoms with van der Waals surface area (Å²) in [6.45, 7) is 2.62. The number of halogens is 7. The first-order valence-electron chi connectivity index (χ1n) is 6.11. The van der Waals surface area contributed by atoms with Crippen LogP contribution in [0.1, 0.15) is 24.1 Å². The van der Waals surface area contributed by atoms with E-state index in [0.29, 0.717) is 6.07 Å². The predicted octanol–water partition coefficient (Wildman–Crippen LogP) is 4.53. The molecular weight excluding hydrogens is 303 g/mol. The van der Waals surface area contributed by atoms with Crippen LogP contribution in [0.25, 0.3) is 0 Å². The highest BCUT2D eigenvalue weighted by molar-refractivity contribution is 5.27. The van der Waals surface area contributed by atoms with Crippen molar-refractivity contribution in [1.82, 2.24) is 5.32 Å². The Morgan fingerprint density at radius 3 is 1.95 bits per heavy atom. The maximum absolute atomic E-state index is 13.4. The number of nitrogens with one attached hydrogen (secondary N) is 1. The molecule has 0 aromatic heterocycles. The summed E-state index contributed by atoms with van der Waals surface area (Å²) in [6, 6.07) is 0.826. The van der Waals surface area contributed by atoms with Crippen molar-refractivity contribution < 1.29 is 30.7 Å². The van der Waals surface area contributed by atoms with Gasteiger partial charge in [-0.2, -0.15) is 26.3 Å². The lowest BCUT2D eigenvalue weighted by Gasteiger charge is -2.31. The molecule has 0 spiro atoms. The fourth-order valence-corrected chi connectivity index (χ4v) is 2.01. The van der Waals surface area contributed by atoms with Crippen LogP contribution in [0.2, 0.25) is 0 Å². The van der Waals surface area contributed by atoms with Gasteiger partial charge < -0.3 is 5.32 Å². The van der Waals surface area contributed by atoms with Gasteiger partial charge in [0.1, 0.15) is 5.82 Å². The van der Waals surface area contributed by atoms with Gasteiger partial charge in [-0.05, 0) is 30.7 Å². The second-order valence-electron chi connectivity index (χ2n) is 4.60. The van der Waals surface area contributed by atoms with Gasteiger partial charge in [0.2, 0.25) is 0 Å². The van der Waals surface area contributed by atoms with Crippen LogP contribution in [0.4, 0.5) is 30.7 Å². The topological polar surface area (TPSA) is 12.0 Å². The van der Waals surface area contributed by atoms with E-state index >= 15 is 0 Å². The molecule has 1 rings (SSSR count). The molecule has 1 unspecified atom stereocenters. The minimum absolute atomic E-state index is 0.122. The second kappa shape index (κ2) is 6.21. The van der Waals surface area contributed by atoms with E-state index in [0.717, 1.165) is 12.1 Å². The smallest absolute Gasteiger partial charge is 0.309 e. The molecule has 0 saturated heterocycles. The zero-order chi connectivity index (χ0) is 16.4. The van der Waals surface area contributed by atoms with E-state index in [1.807, 2.05) is 0 Å². The standard InChI is InChI=1S/C13H14F7N/c1-3-21-10(8-5-4-7(2)9(14)6-8)11(12(15,16)17)13(18,19)20/h4-6,10-11,21H,3H2,1-2H3. The number of rotatable bonds is 4. The largest absolute Gasteiger partial charge is 0.402 e. The van der Waals surface area contributed by atoms with Gasteiger partial charge in [-0.25, -0.2) is 4.39 Å². The molecule has 0 radical (unpaired) electrons. The lowest BCUT2D eigenvalue weighted by Crippen LogP contribution is -2.45. The molecule has 1 N–H and O–H groups in total. The molecule has 0 aliphatic rings. The molecule has 0 aliphatic carbocycles. The van der Waals surface area contributed by atoms with Crippen LogP contribution in [-0.4, -0.2) is 18.9 Å². The highest BCUT2D eigenvalue weighted by atomic mass is 19.4. The van der Waals surface area contributed by atoms with Crippen LogP contribution in [0.3, 0.4) is 0 Å². The average Bonchev–Trinajstić information content (AvgIpc) is 2.28. The van der Waals surface area contributed by atoms with Crippen molar-refractivity contribution in [1.29, 1.82) is 0 Å². The molecule has 0 heterocycles. The van der Waals surface area contributed by atoms with E-state index in [1.165, 1.54) is 13.8 Å². The van der Waals surface area contributed by atoms with Crippen molar-refractivity contribution in [2.24, 2.45) is 5.92 Å². The van der Waals surface area contributed by atoms with Crippen molar-refractivity contribution in [3.8, 4) is 0 Å². The van der Waals surface area contributed by atoms with E-state index in [9.17, 15) is 30.7 Å². The van der Waals surface area contributed by atoms with Crippen LogP contribution in [0.15, 0.2) is 18.2 Å². The first kappa shape index (κ1) is 17.7. The van der Waals surface area contributed by atoms with E-state index in [2.05, 4.69) is 5.32 Å². The number of hydrogen-bond donors (Lipinski definition) is 1. The molecule has 1 atom stereocenters. The summed E-state index contributed by atoms with van der Waals surface area (Å²) in [5.41, 5.74) is -0.246. The first-order valence-corrected chi connectivity index (χ1v) is 6.11. The Bertz CT molecular complexity index is 464. The van der Waals surface area contributed by atoms with Crippen LogP contribution in [0, 0.1) is 18.7 Å². The summed E-state index contributed by atoms with van der Waals surface area (Å²) in [5.74, 6) is -4.45. The third-order valence-corrected chi connectivity index (χ3v) is 3.02. The Balaban J connectivity index is 3.34. The molecule has 1 aromatic rings.